The van der Waals surface area contributed by atoms with Gasteiger partial charge in [-0.2, -0.15) is 0 Å². The molecule has 2 aliphatic rings. The number of allylic oxidation sites excluding steroid dienone is 2. The molecule has 1 fully saturated rings. The summed E-state index contributed by atoms with van der Waals surface area (Å²) in [5.41, 5.74) is 0.601. The molecule has 2 heterocycles. The zero-order valence-corrected chi connectivity index (χ0v) is 21.5. The fourth-order valence-corrected chi connectivity index (χ4v) is 4.67. The van der Waals surface area contributed by atoms with Crippen LogP contribution in [0.1, 0.15) is 59.3 Å². The zero-order valence-electron chi connectivity index (χ0n) is 21.5. The number of esters is 1. The Bertz CT molecular complexity index is 876. The summed E-state index contributed by atoms with van der Waals surface area (Å²) < 4.78 is 11.1. The molecular formula is C27H39NO8. The molecule has 9 nitrogen and oxygen atoms in total. The number of aliphatic hydroxyl groups is 2. The van der Waals surface area contributed by atoms with Crippen molar-refractivity contribution in [2.24, 2.45) is 17.8 Å². The van der Waals surface area contributed by atoms with Crippen molar-refractivity contribution in [3.63, 3.8) is 0 Å². The number of nitrogens with one attached hydrogen (secondary N) is 1. The van der Waals surface area contributed by atoms with E-state index in [-0.39, 0.29) is 55.1 Å². The Morgan fingerprint density at radius 2 is 1.83 bits per heavy atom. The smallest absolute Gasteiger partial charge is 0.331 e. The normalized spacial score (nSPS) is 28.5. The third kappa shape index (κ3) is 9.11. The number of amides is 2. The van der Waals surface area contributed by atoms with Crippen LogP contribution in [0, 0.1) is 17.8 Å². The van der Waals surface area contributed by atoms with Gasteiger partial charge in [0.25, 0.3) is 0 Å². The monoisotopic (exact) mass is 505 g/mol. The van der Waals surface area contributed by atoms with Gasteiger partial charge < -0.3 is 19.7 Å². The molecule has 1 saturated heterocycles. The van der Waals surface area contributed by atoms with Crippen LogP contribution in [-0.4, -0.2) is 65.3 Å². The van der Waals surface area contributed by atoms with Crippen molar-refractivity contribution in [3.8, 4) is 0 Å². The minimum absolute atomic E-state index is 0.124. The highest BCUT2D eigenvalue weighted by Crippen LogP contribution is 2.26. The highest BCUT2D eigenvalue weighted by atomic mass is 16.5. The number of Topliss-reactive ketones (excluding diaryl/α,β-unsaturated/α-hetero) is 1. The summed E-state index contributed by atoms with van der Waals surface area (Å²) in [6.07, 6.45) is 6.66. The maximum atomic E-state index is 13.1. The molecule has 9 heteroatoms. The Morgan fingerprint density at radius 3 is 2.47 bits per heavy atom. The lowest BCUT2D eigenvalue weighted by molar-refractivity contribution is -0.145. The van der Waals surface area contributed by atoms with E-state index in [0.29, 0.717) is 18.4 Å². The molecule has 200 valence electrons. The third-order valence-corrected chi connectivity index (χ3v) is 6.68. The molecule has 3 N–H and O–H groups in total. The van der Waals surface area contributed by atoms with Gasteiger partial charge in [0.1, 0.15) is 18.0 Å². The molecule has 2 rings (SSSR count). The quantitative estimate of drug-likeness (QED) is 0.272. The van der Waals surface area contributed by atoms with Gasteiger partial charge in [0.2, 0.25) is 11.8 Å². The van der Waals surface area contributed by atoms with E-state index in [1.807, 2.05) is 13.0 Å². The summed E-state index contributed by atoms with van der Waals surface area (Å²) in [5, 5.41) is 23.5. The van der Waals surface area contributed by atoms with Crippen molar-refractivity contribution in [3.05, 3.63) is 36.0 Å². The number of aliphatic hydroxyl groups excluding tert-OH is 2. The third-order valence-electron chi connectivity index (χ3n) is 6.68. The lowest BCUT2D eigenvalue weighted by atomic mass is 9.85. The largest absolute Gasteiger partial charge is 0.454 e. The topological polar surface area (TPSA) is 139 Å². The van der Waals surface area contributed by atoms with Gasteiger partial charge in [-0.25, -0.2) is 4.79 Å². The van der Waals surface area contributed by atoms with Gasteiger partial charge in [-0.15, -0.1) is 0 Å². The van der Waals surface area contributed by atoms with Crippen molar-refractivity contribution in [1.29, 1.82) is 0 Å². The first kappa shape index (κ1) is 29.6. The minimum Gasteiger partial charge on any atom is -0.454 e. The van der Waals surface area contributed by atoms with Crippen LogP contribution < -0.4 is 5.32 Å². The number of hydrogen-bond acceptors (Lipinski definition) is 8. The number of imide groups is 1. The maximum absolute atomic E-state index is 13.1. The number of piperidine rings is 1. The first-order valence-electron chi connectivity index (χ1n) is 12.5. The summed E-state index contributed by atoms with van der Waals surface area (Å²) >= 11 is 0. The average molecular weight is 506 g/mol. The molecule has 0 spiro atoms. The number of carbonyl (C=O) groups is 4. The Morgan fingerprint density at radius 1 is 1.19 bits per heavy atom. The predicted octanol–water partition coefficient (Wildman–Crippen LogP) is 2.16. The van der Waals surface area contributed by atoms with E-state index in [1.54, 1.807) is 32.1 Å². The van der Waals surface area contributed by atoms with Crippen molar-refractivity contribution in [2.45, 2.75) is 83.7 Å². The molecule has 1 unspecified atom stereocenters. The van der Waals surface area contributed by atoms with Gasteiger partial charge in [0.15, 0.2) is 0 Å². The summed E-state index contributed by atoms with van der Waals surface area (Å²) in [5.74, 6) is -3.10. The molecule has 0 aromatic rings. The van der Waals surface area contributed by atoms with E-state index in [4.69, 9.17) is 9.47 Å². The number of hydrogen-bond donors (Lipinski definition) is 3. The number of cyclic esters (lactones) is 1. The van der Waals surface area contributed by atoms with Crippen molar-refractivity contribution in [2.75, 3.05) is 7.11 Å². The van der Waals surface area contributed by atoms with Crippen molar-refractivity contribution in [1.82, 2.24) is 5.32 Å². The Hall–Kier alpha value is -2.62. The summed E-state index contributed by atoms with van der Waals surface area (Å²) in [6.45, 7) is 5.19. The van der Waals surface area contributed by atoms with Gasteiger partial charge in [-0.3, -0.25) is 19.7 Å². The van der Waals surface area contributed by atoms with Crippen LogP contribution in [0.25, 0.3) is 0 Å². The number of methoxy groups -OCH3 is 1. The fourth-order valence-electron chi connectivity index (χ4n) is 4.67. The SMILES string of the molecule is CO[C@H]1C=CCCC=CC(=O)OC([C@H](C)C(=O)C[C@@H](O)CC2CC(=O)NC(=O)C2)C(C)=C[C@@H](C)[C@@H]1O. The molecule has 0 saturated carbocycles. The van der Waals surface area contributed by atoms with Gasteiger partial charge in [-0.1, -0.05) is 38.2 Å². The molecule has 2 amide bonds. The predicted molar refractivity (Wildman–Crippen MR) is 132 cm³/mol. The second-order valence-corrected chi connectivity index (χ2v) is 9.82. The highest BCUT2D eigenvalue weighted by Gasteiger charge is 2.33. The lowest BCUT2D eigenvalue weighted by Gasteiger charge is -2.28. The Labute approximate surface area is 212 Å². The number of rotatable bonds is 7. The van der Waals surface area contributed by atoms with Crippen LogP contribution in [0.4, 0.5) is 0 Å². The first-order valence-corrected chi connectivity index (χ1v) is 12.5. The van der Waals surface area contributed by atoms with E-state index in [0.717, 1.165) is 0 Å². The van der Waals surface area contributed by atoms with E-state index in [9.17, 15) is 29.4 Å². The number of ether oxygens (including phenoxy) is 2. The average Bonchev–Trinajstić information content (AvgIpc) is 2.79. The summed E-state index contributed by atoms with van der Waals surface area (Å²) in [4.78, 5) is 48.7. The summed E-state index contributed by atoms with van der Waals surface area (Å²) in [7, 11) is 1.52. The fraction of sp³-hybridized carbons (Fsp3) is 0.630. The molecule has 6 atom stereocenters. The van der Waals surface area contributed by atoms with Gasteiger partial charge in [-0.05, 0) is 37.7 Å². The van der Waals surface area contributed by atoms with E-state index >= 15 is 0 Å². The zero-order chi connectivity index (χ0) is 26.8. The molecule has 0 aromatic carbocycles. The second kappa shape index (κ2) is 14.2. The van der Waals surface area contributed by atoms with Crippen molar-refractivity contribution >= 4 is 23.6 Å². The first-order chi connectivity index (χ1) is 17.0. The molecule has 2 aliphatic heterocycles. The number of carbonyl (C=O) groups excluding carboxylic acids is 4. The summed E-state index contributed by atoms with van der Waals surface area (Å²) in [6, 6.07) is 0. The second-order valence-electron chi connectivity index (χ2n) is 9.82. The van der Waals surface area contributed by atoms with E-state index in [2.05, 4.69) is 5.32 Å². The van der Waals surface area contributed by atoms with Crippen LogP contribution in [0.5, 0.6) is 0 Å². The Kier molecular flexibility index (Phi) is 11.7. The molecule has 0 radical (unpaired) electrons. The molecule has 0 aliphatic carbocycles. The molecule has 0 aromatic heterocycles. The van der Waals surface area contributed by atoms with Crippen LogP contribution in [0.15, 0.2) is 36.0 Å². The van der Waals surface area contributed by atoms with Crippen LogP contribution in [-0.2, 0) is 28.7 Å². The number of ketones is 1. The van der Waals surface area contributed by atoms with E-state index < -0.39 is 36.3 Å². The Balaban J connectivity index is 2.17. The standard InChI is InChI=1S/C27H39NO8/c1-16-11-17(2)27(36-25(33)10-8-6-5-7-9-22(35-4)26(16)34)18(3)21(30)15-20(29)12-19-13-23(31)28-24(32)14-19/h7-11,16,18-20,22,26-27,29,34H,5-6,12-15H2,1-4H3,(H,28,31,32)/t16-,18-,20+,22+,26+,27?/m1/s1. The molecular weight excluding hydrogens is 466 g/mol. The van der Waals surface area contributed by atoms with Gasteiger partial charge >= 0.3 is 5.97 Å². The molecule has 36 heavy (non-hydrogen) atoms. The maximum Gasteiger partial charge on any atom is 0.331 e. The van der Waals surface area contributed by atoms with Gasteiger partial charge in [0.05, 0.1) is 18.1 Å². The lowest BCUT2D eigenvalue weighted by Crippen LogP contribution is -2.40. The van der Waals surface area contributed by atoms with Crippen LogP contribution in [0.3, 0.4) is 0 Å². The van der Waals surface area contributed by atoms with Crippen molar-refractivity contribution < 1.29 is 38.9 Å². The van der Waals surface area contributed by atoms with Crippen LogP contribution in [0.2, 0.25) is 0 Å². The van der Waals surface area contributed by atoms with Crippen LogP contribution >= 0.6 is 0 Å². The van der Waals surface area contributed by atoms with Gasteiger partial charge in [0, 0.05) is 38.4 Å². The highest BCUT2D eigenvalue weighted by molar-refractivity contribution is 5.97. The molecule has 0 bridgehead atoms. The minimum atomic E-state index is -1.03. The van der Waals surface area contributed by atoms with E-state index in [1.165, 1.54) is 13.2 Å².